The zero-order chi connectivity index (χ0) is 29.5. The van der Waals surface area contributed by atoms with E-state index in [1.165, 1.54) is 28.2 Å². The maximum Gasteiger partial charge on any atom is 0.269 e. The van der Waals surface area contributed by atoms with E-state index in [0.717, 1.165) is 63.7 Å². The number of hydrogen-bond donors (Lipinski definition) is 1. The van der Waals surface area contributed by atoms with Crippen LogP contribution in [0.1, 0.15) is 11.1 Å². The van der Waals surface area contributed by atoms with Crippen molar-refractivity contribution in [1.82, 2.24) is 0 Å². The number of nitrogens with two attached hydrogens (primary N) is 1. The molecule has 0 bridgehead atoms. The maximum absolute atomic E-state index is 10.7. The summed E-state index contributed by atoms with van der Waals surface area (Å²) in [4.78, 5) is 19.9. The Labute approximate surface area is 248 Å². The Kier molecular flexibility index (Phi) is 9.12. The molecular formula is C34H40N6O2. The molecule has 2 saturated heterocycles. The Bertz CT molecular complexity index is 1370. The molecule has 4 aromatic rings. The van der Waals surface area contributed by atoms with Gasteiger partial charge in [-0.15, -0.1) is 0 Å². The lowest BCUT2D eigenvalue weighted by Crippen LogP contribution is -2.46. The summed E-state index contributed by atoms with van der Waals surface area (Å²) in [5.41, 5.74) is 14.2. The van der Waals surface area contributed by atoms with Gasteiger partial charge in [0.25, 0.3) is 5.69 Å². The molecule has 42 heavy (non-hydrogen) atoms. The van der Waals surface area contributed by atoms with E-state index in [0.29, 0.717) is 0 Å². The molecule has 0 radical (unpaired) electrons. The van der Waals surface area contributed by atoms with Gasteiger partial charge in [0.1, 0.15) is 0 Å². The molecule has 2 N–H and O–H groups in total. The molecule has 2 fully saturated rings. The van der Waals surface area contributed by atoms with Gasteiger partial charge in [0.2, 0.25) is 0 Å². The van der Waals surface area contributed by atoms with Gasteiger partial charge >= 0.3 is 0 Å². The molecule has 0 unspecified atom stereocenters. The van der Waals surface area contributed by atoms with Crippen molar-refractivity contribution in [3.05, 3.63) is 118 Å². The highest BCUT2D eigenvalue weighted by Crippen LogP contribution is 2.24. The summed E-state index contributed by atoms with van der Waals surface area (Å²) in [7, 11) is 0. The minimum absolute atomic E-state index is 0.141. The number of rotatable bonds is 5. The van der Waals surface area contributed by atoms with Gasteiger partial charge in [-0.05, 0) is 74.5 Å². The summed E-state index contributed by atoms with van der Waals surface area (Å²) < 4.78 is 0. The maximum atomic E-state index is 10.7. The standard InChI is InChI=1S/C17H19N3O2.C17H21N3/c1-14-2-4-15(5-3-14)18-10-12-19(13-11-18)16-6-8-17(9-7-16)20(21)22;1-14-2-6-16(7-3-14)19-10-12-20(13-11-19)17-8-4-15(18)5-9-17/h2-9H,10-13H2,1H3;2-9H,10-13,18H2,1H3. The number of benzene rings is 4. The lowest BCUT2D eigenvalue weighted by molar-refractivity contribution is -0.384. The molecule has 0 aromatic heterocycles. The third kappa shape index (κ3) is 7.32. The zero-order valence-corrected chi connectivity index (χ0v) is 24.5. The third-order valence-corrected chi connectivity index (χ3v) is 8.04. The molecular weight excluding hydrogens is 524 g/mol. The quantitative estimate of drug-likeness (QED) is 0.177. The molecule has 0 atom stereocenters. The van der Waals surface area contributed by atoms with E-state index >= 15 is 0 Å². The van der Waals surface area contributed by atoms with Crippen LogP contribution < -0.4 is 25.3 Å². The second-order valence-corrected chi connectivity index (χ2v) is 11.0. The van der Waals surface area contributed by atoms with E-state index in [1.807, 2.05) is 24.3 Å². The first kappa shape index (κ1) is 28.8. The van der Waals surface area contributed by atoms with Crippen LogP contribution in [0.2, 0.25) is 0 Å². The summed E-state index contributed by atoms with van der Waals surface area (Å²) in [6.07, 6.45) is 0. The highest BCUT2D eigenvalue weighted by Gasteiger charge is 2.19. The van der Waals surface area contributed by atoms with E-state index in [4.69, 9.17) is 5.73 Å². The van der Waals surface area contributed by atoms with Crippen molar-refractivity contribution >= 4 is 34.1 Å². The van der Waals surface area contributed by atoms with Crippen LogP contribution in [0.25, 0.3) is 0 Å². The number of nitrogen functional groups attached to an aromatic ring is 1. The topological polar surface area (TPSA) is 82.1 Å². The summed E-state index contributed by atoms with van der Waals surface area (Å²) in [5.74, 6) is 0. The van der Waals surface area contributed by atoms with Crippen molar-refractivity contribution in [3.8, 4) is 0 Å². The van der Waals surface area contributed by atoms with Crippen molar-refractivity contribution in [3.63, 3.8) is 0 Å². The van der Waals surface area contributed by atoms with Crippen molar-refractivity contribution in [2.75, 3.05) is 77.7 Å². The summed E-state index contributed by atoms with van der Waals surface area (Å²) >= 11 is 0. The SMILES string of the molecule is Cc1ccc(N2CCN(c3ccc(N)cc3)CC2)cc1.Cc1ccc(N2CCN(c3ccc([N+](=O)[O-])cc3)CC2)cc1. The molecule has 6 rings (SSSR count). The Balaban J connectivity index is 0.000000169. The van der Waals surface area contributed by atoms with Gasteiger partial charge in [-0.2, -0.15) is 0 Å². The predicted octanol–water partition coefficient (Wildman–Crippen LogP) is 6.13. The molecule has 2 aliphatic heterocycles. The number of nitrogens with zero attached hydrogens (tertiary/aromatic N) is 5. The molecule has 4 aromatic carbocycles. The van der Waals surface area contributed by atoms with E-state index < -0.39 is 0 Å². The molecule has 2 aliphatic rings. The van der Waals surface area contributed by atoms with Crippen LogP contribution in [-0.4, -0.2) is 57.3 Å². The number of hydrogen-bond acceptors (Lipinski definition) is 7. The van der Waals surface area contributed by atoms with E-state index in [1.54, 1.807) is 12.1 Å². The van der Waals surface area contributed by atoms with Crippen molar-refractivity contribution in [2.24, 2.45) is 0 Å². The van der Waals surface area contributed by atoms with Crippen LogP contribution in [-0.2, 0) is 0 Å². The zero-order valence-electron chi connectivity index (χ0n) is 24.5. The smallest absolute Gasteiger partial charge is 0.269 e. The second-order valence-electron chi connectivity index (χ2n) is 11.0. The molecule has 0 aliphatic carbocycles. The average molecular weight is 565 g/mol. The number of anilines is 5. The molecule has 0 spiro atoms. The minimum Gasteiger partial charge on any atom is -0.399 e. The highest BCUT2D eigenvalue weighted by molar-refractivity contribution is 5.56. The van der Waals surface area contributed by atoms with Gasteiger partial charge in [-0.1, -0.05) is 35.4 Å². The Morgan fingerprint density at radius 3 is 1.05 bits per heavy atom. The van der Waals surface area contributed by atoms with Crippen LogP contribution >= 0.6 is 0 Å². The van der Waals surface area contributed by atoms with Crippen molar-refractivity contribution in [1.29, 1.82) is 0 Å². The number of piperazine rings is 2. The highest BCUT2D eigenvalue weighted by atomic mass is 16.6. The van der Waals surface area contributed by atoms with Crippen LogP contribution in [0, 0.1) is 24.0 Å². The monoisotopic (exact) mass is 564 g/mol. The van der Waals surface area contributed by atoms with Crippen molar-refractivity contribution < 1.29 is 4.92 Å². The number of nitro benzene ring substituents is 1. The van der Waals surface area contributed by atoms with Gasteiger partial charge in [-0.3, -0.25) is 10.1 Å². The molecule has 218 valence electrons. The average Bonchev–Trinajstić information content (AvgIpc) is 3.03. The molecule has 2 heterocycles. The first-order valence-electron chi connectivity index (χ1n) is 14.6. The number of aryl methyl sites for hydroxylation is 2. The Morgan fingerprint density at radius 1 is 0.500 bits per heavy atom. The van der Waals surface area contributed by atoms with Gasteiger partial charge in [0.05, 0.1) is 4.92 Å². The van der Waals surface area contributed by atoms with E-state index in [2.05, 4.69) is 94.1 Å². The summed E-state index contributed by atoms with van der Waals surface area (Å²) in [6, 6.07) is 32.4. The fourth-order valence-corrected chi connectivity index (χ4v) is 5.43. The van der Waals surface area contributed by atoms with Gasteiger partial charge < -0.3 is 25.3 Å². The van der Waals surface area contributed by atoms with E-state index in [9.17, 15) is 10.1 Å². The fraction of sp³-hybridized carbons (Fsp3) is 0.294. The molecule has 8 heteroatoms. The van der Waals surface area contributed by atoms with Crippen molar-refractivity contribution in [2.45, 2.75) is 13.8 Å². The predicted molar refractivity (Wildman–Crippen MR) is 175 cm³/mol. The Morgan fingerprint density at radius 2 is 0.762 bits per heavy atom. The number of non-ortho nitro benzene ring substituents is 1. The molecule has 0 amide bonds. The third-order valence-electron chi connectivity index (χ3n) is 8.04. The molecule has 0 saturated carbocycles. The van der Waals surface area contributed by atoms with Gasteiger partial charge in [-0.25, -0.2) is 0 Å². The van der Waals surface area contributed by atoms with Gasteiger partial charge in [0, 0.05) is 92.9 Å². The lowest BCUT2D eigenvalue weighted by atomic mass is 10.2. The Hall–Kier alpha value is -4.72. The number of nitro groups is 1. The molecule has 8 nitrogen and oxygen atoms in total. The van der Waals surface area contributed by atoms with Crippen LogP contribution in [0.5, 0.6) is 0 Å². The minimum atomic E-state index is -0.362. The van der Waals surface area contributed by atoms with E-state index in [-0.39, 0.29) is 10.6 Å². The first-order valence-corrected chi connectivity index (χ1v) is 14.6. The van der Waals surface area contributed by atoms with Gasteiger partial charge in [0.15, 0.2) is 0 Å². The summed E-state index contributed by atoms with van der Waals surface area (Å²) in [6.45, 7) is 12.2. The van der Waals surface area contributed by atoms with Crippen LogP contribution in [0.15, 0.2) is 97.1 Å². The largest absolute Gasteiger partial charge is 0.399 e. The van der Waals surface area contributed by atoms with Crippen LogP contribution in [0.3, 0.4) is 0 Å². The lowest BCUT2D eigenvalue weighted by Gasteiger charge is -2.37. The summed E-state index contributed by atoms with van der Waals surface area (Å²) in [5, 5.41) is 10.7. The normalized spacial score (nSPS) is 15.2. The fourth-order valence-electron chi connectivity index (χ4n) is 5.43. The van der Waals surface area contributed by atoms with Crippen LogP contribution in [0.4, 0.5) is 34.1 Å². The first-order chi connectivity index (χ1) is 20.4. The second kappa shape index (κ2) is 13.3.